The van der Waals surface area contributed by atoms with Gasteiger partial charge in [-0.1, -0.05) is 6.07 Å². The number of hydrogen-bond acceptors (Lipinski definition) is 2. The van der Waals surface area contributed by atoms with E-state index in [2.05, 4.69) is 21.2 Å². The zero-order valence-electron chi connectivity index (χ0n) is 9.96. The van der Waals surface area contributed by atoms with Crippen LogP contribution < -0.4 is 5.32 Å². The number of halogens is 2. The molecule has 0 aliphatic rings. The van der Waals surface area contributed by atoms with E-state index < -0.39 is 0 Å². The molecule has 94 valence electrons. The molecule has 0 heterocycles. The molecular formula is C12H16BrFN2O. The summed E-state index contributed by atoms with van der Waals surface area (Å²) in [5.41, 5.74) is 0.864. The molecular weight excluding hydrogens is 287 g/mol. The quantitative estimate of drug-likeness (QED) is 0.846. The minimum atomic E-state index is -0.270. The Labute approximate surface area is 109 Å². The van der Waals surface area contributed by atoms with Gasteiger partial charge in [-0.05, 0) is 33.6 Å². The molecule has 3 nitrogen and oxygen atoms in total. The number of amides is 1. The van der Waals surface area contributed by atoms with Crippen LogP contribution in [0.1, 0.15) is 12.0 Å². The molecule has 0 radical (unpaired) electrons. The third kappa shape index (κ3) is 4.83. The molecule has 0 saturated heterocycles. The van der Waals surface area contributed by atoms with Crippen molar-refractivity contribution in [3.63, 3.8) is 0 Å². The fourth-order valence-electron chi connectivity index (χ4n) is 1.30. The lowest BCUT2D eigenvalue weighted by atomic mass is 10.2. The summed E-state index contributed by atoms with van der Waals surface area (Å²) < 4.78 is 13.6. The molecule has 0 bridgehead atoms. The normalized spacial score (nSPS) is 10.4. The van der Waals surface area contributed by atoms with Gasteiger partial charge in [-0.15, -0.1) is 0 Å². The third-order valence-corrected chi connectivity index (χ3v) is 2.97. The summed E-state index contributed by atoms with van der Waals surface area (Å²) in [7, 11) is 3.46. The second kappa shape index (κ2) is 6.71. The first-order chi connectivity index (χ1) is 8.00. The zero-order valence-corrected chi connectivity index (χ0v) is 11.6. The van der Waals surface area contributed by atoms with E-state index in [-0.39, 0.29) is 11.7 Å². The standard InChI is InChI=1S/C12H16BrFN2O/c1-16(2)12(17)5-6-15-8-9-3-4-10(13)11(14)7-9/h3-4,7,15H,5-6,8H2,1-2H3. The van der Waals surface area contributed by atoms with Crippen molar-refractivity contribution in [1.82, 2.24) is 10.2 Å². The van der Waals surface area contributed by atoms with E-state index in [0.29, 0.717) is 24.0 Å². The summed E-state index contributed by atoms with van der Waals surface area (Å²) in [6.45, 7) is 1.15. The molecule has 0 aromatic heterocycles. The average Bonchev–Trinajstić information content (AvgIpc) is 2.28. The van der Waals surface area contributed by atoms with Crippen LogP contribution in [0.5, 0.6) is 0 Å². The number of nitrogens with one attached hydrogen (secondary N) is 1. The third-order valence-electron chi connectivity index (χ3n) is 2.33. The van der Waals surface area contributed by atoms with Crippen molar-refractivity contribution < 1.29 is 9.18 Å². The first-order valence-corrected chi connectivity index (χ1v) is 6.15. The minimum absolute atomic E-state index is 0.0829. The maximum atomic E-state index is 13.2. The van der Waals surface area contributed by atoms with Gasteiger partial charge in [-0.3, -0.25) is 4.79 Å². The SMILES string of the molecule is CN(C)C(=O)CCNCc1ccc(Br)c(F)c1. The smallest absolute Gasteiger partial charge is 0.223 e. The Hall–Kier alpha value is -0.940. The predicted octanol–water partition coefficient (Wildman–Crippen LogP) is 2.16. The topological polar surface area (TPSA) is 32.3 Å². The molecule has 17 heavy (non-hydrogen) atoms. The first-order valence-electron chi connectivity index (χ1n) is 5.35. The Balaban J connectivity index is 2.31. The molecule has 1 aromatic carbocycles. The molecule has 0 spiro atoms. The minimum Gasteiger partial charge on any atom is -0.349 e. The Bertz CT molecular complexity index is 396. The van der Waals surface area contributed by atoms with Crippen molar-refractivity contribution in [2.24, 2.45) is 0 Å². The Morgan fingerprint density at radius 2 is 2.18 bits per heavy atom. The summed E-state index contributed by atoms with van der Waals surface area (Å²) in [6.07, 6.45) is 0.450. The van der Waals surface area contributed by atoms with Crippen molar-refractivity contribution in [2.75, 3.05) is 20.6 Å². The number of hydrogen-bond donors (Lipinski definition) is 1. The maximum absolute atomic E-state index is 13.2. The second-order valence-corrected chi connectivity index (χ2v) is 4.82. The van der Waals surface area contributed by atoms with Gasteiger partial charge in [-0.2, -0.15) is 0 Å². The highest BCUT2D eigenvalue weighted by Gasteiger charge is 2.03. The number of benzene rings is 1. The van der Waals surface area contributed by atoms with E-state index in [0.717, 1.165) is 5.56 Å². The van der Waals surface area contributed by atoms with Crippen molar-refractivity contribution in [3.8, 4) is 0 Å². The number of nitrogens with zero attached hydrogens (tertiary/aromatic N) is 1. The maximum Gasteiger partial charge on any atom is 0.223 e. The largest absolute Gasteiger partial charge is 0.349 e. The molecule has 0 unspecified atom stereocenters. The molecule has 1 rings (SSSR count). The molecule has 5 heteroatoms. The molecule has 0 aliphatic heterocycles. The number of rotatable bonds is 5. The van der Waals surface area contributed by atoms with Gasteiger partial charge in [0.2, 0.25) is 5.91 Å². The highest BCUT2D eigenvalue weighted by Crippen LogP contribution is 2.16. The van der Waals surface area contributed by atoms with Gasteiger partial charge in [0.15, 0.2) is 0 Å². The summed E-state index contributed by atoms with van der Waals surface area (Å²) in [6, 6.07) is 5.00. The van der Waals surface area contributed by atoms with Gasteiger partial charge in [0.05, 0.1) is 4.47 Å². The van der Waals surface area contributed by atoms with Crippen molar-refractivity contribution in [3.05, 3.63) is 34.1 Å². The lowest BCUT2D eigenvalue weighted by molar-refractivity contribution is -0.128. The van der Waals surface area contributed by atoms with Gasteiger partial charge in [-0.25, -0.2) is 4.39 Å². The monoisotopic (exact) mass is 302 g/mol. The number of carbonyl (C=O) groups excluding carboxylic acids is 1. The van der Waals surface area contributed by atoms with Gasteiger partial charge in [0, 0.05) is 33.6 Å². The van der Waals surface area contributed by atoms with Crippen LogP contribution in [0.15, 0.2) is 22.7 Å². The van der Waals surface area contributed by atoms with E-state index in [1.54, 1.807) is 25.1 Å². The van der Waals surface area contributed by atoms with Crippen molar-refractivity contribution in [2.45, 2.75) is 13.0 Å². The van der Waals surface area contributed by atoms with Gasteiger partial charge < -0.3 is 10.2 Å². The molecule has 0 aliphatic carbocycles. The molecule has 0 fully saturated rings. The molecule has 1 amide bonds. The average molecular weight is 303 g/mol. The fourth-order valence-corrected chi connectivity index (χ4v) is 1.55. The van der Waals surface area contributed by atoms with Crippen LogP contribution in [-0.4, -0.2) is 31.4 Å². The number of carbonyl (C=O) groups is 1. The second-order valence-electron chi connectivity index (χ2n) is 3.96. The van der Waals surface area contributed by atoms with Crippen molar-refractivity contribution in [1.29, 1.82) is 0 Å². The van der Waals surface area contributed by atoms with Crippen LogP contribution in [-0.2, 0) is 11.3 Å². The lowest BCUT2D eigenvalue weighted by Crippen LogP contribution is -2.26. The van der Waals surface area contributed by atoms with Crippen LogP contribution in [0.25, 0.3) is 0 Å². The highest BCUT2D eigenvalue weighted by molar-refractivity contribution is 9.10. The lowest BCUT2D eigenvalue weighted by Gasteiger charge is -2.10. The van der Waals surface area contributed by atoms with Gasteiger partial charge >= 0.3 is 0 Å². The van der Waals surface area contributed by atoms with Crippen LogP contribution in [0.4, 0.5) is 4.39 Å². The Kier molecular flexibility index (Phi) is 5.58. The Morgan fingerprint density at radius 1 is 1.47 bits per heavy atom. The van der Waals surface area contributed by atoms with E-state index in [9.17, 15) is 9.18 Å². The van der Waals surface area contributed by atoms with Gasteiger partial charge in [0.25, 0.3) is 0 Å². The highest BCUT2D eigenvalue weighted by atomic mass is 79.9. The van der Waals surface area contributed by atoms with Crippen LogP contribution in [0.2, 0.25) is 0 Å². The summed E-state index contributed by atoms with van der Waals surface area (Å²) in [4.78, 5) is 12.8. The van der Waals surface area contributed by atoms with Crippen LogP contribution in [0.3, 0.4) is 0 Å². The zero-order chi connectivity index (χ0) is 12.8. The van der Waals surface area contributed by atoms with Crippen LogP contribution >= 0.6 is 15.9 Å². The molecule has 0 saturated carbocycles. The summed E-state index contributed by atoms with van der Waals surface area (Å²) >= 11 is 3.10. The molecule has 0 atom stereocenters. The van der Waals surface area contributed by atoms with E-state index in [1.807, 2.05) is 6.07 Å². The first kappa shape index (κ1) is 14.1. The van der Waals surface area contributed by atoms with Gasteiger partial charge in [0.1, 0.15) is 5.82 Å². The van der Waals surface area contributed by atoms with E-state index >= 15 is 0 Å². The van der Waals surface area contributed by atoms with E-state index in [1.165, 1.54) is 6.07 Å². The Morgan fingerprint density at radius 3 is 2.76 bits per heavy atom. The molecule has 1 N–H and O–H groups in total. The van der Waals surface area contributed by atoms with E-state index in [4.69, 9.17) is 0 Å². The summed E-state index contributed by atoms with van der Waals surface area (Å²) in [5.74, 6) is -0.187. The van der Waals surface area contributed by atoms with Crippen molar-refractivity contribution >= 4 is 21.8 Å². The predicted molar refractivity (Wildman–Crippen MR) is 69.1 cm³/mol. The van der Waals surface area contributed by atoms with Crippen LogP contribution in [0, 0.1) is 5.82 Å². The fraction of sp³-hybridized carbons (Fsp3) is 0.417. The summed E-state index contributed by atoms with van der Waals surface area (Å²) in [5, 5.41) is 3.10. The molecule has 1 aromatic rings.